The number of hydrogen-bond donors (Lipinski definition) is 2. The number of carbonyl (C=O) groups is 1. The first-order valence-electron chi connectivity index (χ1n) is 10.9. The van der Waals surface area contributed by atoms with Gasteiger partial charge in [0, 0.05) is 62.8 Å². The molecule has 0 aliphatic carbocycles. The van der Waals surface area contributed by atoms with Crippen molar-refractivity contribution in [2.75, 3.05) is 45.2 Å². The van der Waals surface area contributed by atoms with Crippen molar-refractivity contribution in [3.05, 3.63) is 47.3 Å². The Balaban J connectivity index is 1.79. The summed E-state index contributed by atoms with van der Waals surface area (Å²) in [6, 6.07) is 10.2. The summed E-state index contributed by atoms with van der Waals surface area (Å²) in [6.45, 7) is 9.70. The Morgan fingerprint density at radius 1 is 1.34 bits per heavy atom. The van der Waals surface area contributed by atoms with Gasteiger partial charge in [0.1, 0.15) is 11.6 Å². The van der Waals surface area contributed by atoms with Crippen molar-refractivity contribution in [3.8, 4) is 6.07 Å². The smallest absolute Gasteiger partial charge is 0.162 e. The van der Waals surface area contributed by atoms with Gasteiger partial charge in [-0.1, -0.05) is 32.0 Å². The third-order valence-corrected chi connectivity index (χ3v) is 6.30. The van der Waals surface area contributed by atoms with Crippen LogP contribution in [0.2, 0.25) is 0 Å². The van der Waals surface area contributed by atoms with Crippen LogP contribution in [0.15, 0.2) is 41.7 Å². The van der Waals surface area contributed by atoms with Gasteiger partial charge in [-0.15, -0.1) is 5.53 Å². The number of rotatable bonds is 8. The fourth-order valence-corrected chi connectivity index (χ4v) is 4.84. The molecule has 32 heavy (non-hydrogen) atoms. The number of nitriles is 1. The molecule has 1 fully saturated rings. The van der Waals surface area contributed by atoms with Gasteiger partial charge in [-0.25, -0.2) is 4.41 Å². The lowest BCUT2D eigenvalue weighted by Gasteiger charge is -2.43. The molecule has 0 saturated carbocycles. The summed E-state index contributed by atoms with van der Waals surface area (Å²) in [4.78, 5) is 18.4. The van der Waals surface area contributed by atoms with E-state index in [4.69, 9.17) is 0 Å². The third kappa shape index (κ3) is 5.57. The predicted octanol–water partition coefficient (Wildman–Crippen LogP) is 2.42. The van der Waals surface area contributed by atoms with Crippen molar-refractivity contribution in [3.63, 3.8) is 0 Å². The molecule has 1 saturated heterocycles. The monoisotopic (exact) mass is 455 g/mol. The molecule has 8 nitrogen and oxygen atoms in total. The Morgan fingerprint density at radius 2 is 2.09 bits per heavy atom. The quantitative estimate of drug-likeness (QED) is 0.266. The van der Waals surface area contributed by atoms with Crippen LogP contribution in [-0.4, -0.2) is 72.1 Å². The molecule has 0 aromatic heterocycles. The zero-order chi connectivity index (χ0) is 23.3. The first-order chi connectivity index (χ1) is 15.3. The first kappa shape index (κ1) is 24.0. The Bertz CT molecular complexity index is 921. The minimum Gasteiger partial charge on any atom is -0.377 e. The summed E-state index contributed by atoms with van der Waals surface area (Å²) in [5.41, 5.74) is 10.3. The number of carbonyl (C=O) groups excluding carboxylic acids is 1. The number of hydrogen-bond acceptors (Lipinski definition) is 9. The number of nitrogens with zero attached hydrogens (tertiary/aromatic N) is 5. The average Bonchev–Trinajstić information content (AvgIpc) is 3.18. The molecule has 0 radical (unpaired) electrons. The third-order valence-electron chi connectivity index (χ3n) is 5.45. The topological polar surface area (TPSA) is 77.9 Å². The normalized spacial score (nSPS) is 19.9. The summed E-state index contributed by atoms with van der Waals surface area (Å²) in [6.07, 6.45) is 2.78. The molecule has 1 unspecified atom stereocenters. The lowest BCUT2D eigenvalue weighted by atomic mass is 10.0. The number of hydrazine groups is 2. The van der Waals surface area contributed by atoms with Crippen LogP contribution in [0.5, 0.6) is 0 Å². The summed E-state index contributed by atoms with van der Waals surface area (Å²) in [5.74, 6) is 0. The standard InChI is InChI=1S/C23H33N7OS/c1-17(2)32-30-15-20(25-26-30)14-28-10-11-29(18(3)13-28)23(19(12-24)16-31)21-8-6-7-9-22(21)27(4)5/h6-9,15-18,25-26H,10-11,13-14H2,1-5H3/b23-19+. The zero-order valence-corrected chi connectivity index (χ0v) is 20.3. The number of anilines is 1. The summed E-state index contributed by atoms with van der Waals surface area (Å²) >= 11 is 1.72. The number of nitrogens with one attached hydrogen (secondary N) is 2. The highest BCUT2D eigenvalue weighted by molar-refractivity contribution is 7.97. The predicted molar refractivity (Wildman–Crippen MR) is 131 cm³/mol. The van der Waals surface area contributed by atoms with Gasteiger partial charge in [-0.3, -0.25) is 9.69 Å². The maximum atomic E-state index is 11.8. The van der Waals surface area contributed by atoms with Gasteiger partial charge in [-0.05, 0) is 24.9 Å². The van der Waals surface area contributed by atoms with Gasteiger partial charge in [0.15, 0.2) is 6.29 Å². The highest BCUT2D eigenvalue weighted by Gasteiger charge is 2.30. The van der Waals surface area contributed by atoms with E-state index in [0.29, 0.717) is 11.5 Å². The average molecular weight is 456 g/mol. The molecule has 2 N–H and O–H groups in total. The second kappa shape index (κ2) is 10.8. The zero-order valence-electron chi connectivity index (χ0n) is 19.5. The van der Waals surface area contributed by atoms with Crippen LogP contribution in [0.4, 0.5) is 5.69 Å². The molecule has 1 aromatic carbocycles. The molecule has 2 aliphatic heterocycles. The van der Waals surface area contributed by atoms with Gasteiger partial charge >= 0.3 is 0 Å². The second-order valence-electron chi connectivity index (χ2n) is 8.55. The van der Waals surface area contributed by atoms with E-state index < -0.39 is 0 Å². The molecule has 1 atom stereocenters. The molecule has 1 aromatic rings. The molecule has 172 valence electrons. The summed E-state index contributed by atoms with van der Waals surface area (Å²) < 4.78 is 2.00. The summed E-state index contributed by atoms with van der Waals surface area (Å²) in [7, 11) is 3.95. The maximum absolute atomic E-state index is 11.8. The number of allylic oxidation sites excluding steroid dienone is 1. The van der Waals surface area contributed by atoms with Crippen molar-refractivity contribution < 1.29 is 4.79 Å². The van der Waals surface area contributed by atoms with E-state index in [0.717, 1.165) is 48.8 Å². The van der Waals surface area contributed by atoms with E-state index in [1.54, 1.807) is 11.9 Å². The van der Waals surface area contributed by atoms with Crippen molar-refractivity contribution in [2.45, 2.75) is 32.1 Å². The van der Waals surface area contributed by atoms with Crippen molar-refractivity contribution in [1.82, 2.24) is 25.2 Å². The van der Waals surface area contributed by atoms with E-state index in [1.807, 2.05) is 47.7 Å². The van der Waals surface area contributed by atoms with Crippen LogP contribution in [-0.2, 0) is 4.79 Å². The minimum atomic E-state index is 0.147. The first-order valence-corrected chi connectivity index (χ1v) is 11.7. The maximum Gasteiger partial charge on any atom is 0.162 e. The van der Waals surface area contributed by atoms with Crippen molar-refractivity contribution in [1.29, 1.82) is 5.26 Å². The number of aldehydes is 1. The van der Waals surface area contributed by atoms with E-state index >= 15 is 0 Å². The molecular formula is C23H33N7OS. The lowest BCUT2D eigenvalue weighted by Crippen LogP contribution is -2.52. The summed E-state index contributed by atoms with van der Waals surface area (Å²) in [5, 5.41) is 10.2. The van der Waals surface area contributed by atoms with Crippen LogP contribution in [0.25, 0.3) is 5.70 Å². The van der Waals surface area contributed by atoms with Gasteiger partial charge in [0.2, 0.25) is 0 Å². The molecule has 0 bridgehead atoms. The molecule has 9 heteroatoms. The van der Waals surface area contributed by atoms with E-state index in [1.165, 1.54) is 0 Å². The van der Waals surface area contributed by atoms with Gasteiger partial charge < -0.3 is 15.2 Å². The van der Waals surface area contributed by atoms with Gasteiger partial charge in [0.25, 0.3) is 0 Å². The van der Waals surface area contributed by atoms with Crippen LogP contribution in [0.1, 0.15) is 26.3 Å². The molecule has 3 rings (SSSR count). The molecular weight excluding hydrogens is 422 g/mol. The van der Waals surface area contributed by atoms with E-state index in [-0.39, 0.29) is 11.6 Å². The van der Waals surface area contributed by atoms with Crippen LogP contribution < -0.4 is 15.9 Å². The largest absolute Gasteiger partial charge is 0.377 e. The van der Waals surface area contributed by atoms with E-state index in [9.17, 15) is 10.1 Å². The number of benzene rings is 1. The lowest BCUT2D eigenvalue weighted by molar-refractivity contribution is -0.104. The SMILES string of the molecule is CC(C)SN1C=C(CN2CCN(/C(=C(\C#N)C=O)c3ccccc3N(C)C)C(C)C2)NN1. The fraction of sp³-hybridized carbons (Fsp3) is 0.478. The van der Waals surface area contributed by atoms with Crippen LogP contribution in [0.3, 0.4) is 0 Å². The highest BCUT2D eigenvalue weighted by Crippen LogP contribution is 2.33. The Labute approximate surface area is 195 Å². The van der Waals surface area contributed by atoms with E-state index in [2.05, 4.69) is 53.8 Å². The Hall–Kier alpha value is -2.67. The number of para-hydroxylation sites is 1. The van der Waals surface area contributed by atoms with Gasteiger partial charge in [0.05, 0.1) is 17.6 Å². The Kier molecular flexibility index (Phi) is 8.07. The Morgan fingerprint density at radius 3 is 2.72 bits per heavy atom. The van der Waals surface area contributed by atoms with Crippen molar-refractivity contribution >= 4 is 29.6 Å². The van der Waals surface area contributed by atoms with Crippen LogP contribution in [0, 0.1) is 11.3 Å². The highest BCUT2D eigenvalue weighted by atomic mass is 32.2. The minimum absolute atomic E-state index is 0.147. The fourth-order valence-electron chi connectivity index (χ4n) is 4.10. The molecule has 0 amide bonds. The second-order valence-corrected chi connectivity index (χ2v) is 10.1. The number of piperazine rings is 1. The van der Waals surface area contributed by atoms with Gasteiger partial charge in [-0.2, -0.15) is 5.26 Å². The molecule has 0 spiro atoms. The van der Waals surface area contributed by atoms with Crippen molar-refractivity contribution in [2.24, 2.45) is 0 Å². The molecule has 2 aliphatic rings. The van der Waals surface area contributed by atoms with Crippen LogP contribution >= 0.6 is 11.9 Å². The molecule has 2 heterocycles.